The Balaban J connectivity index is 1.44. The Labute approximate surface area is 123 Å². The van der Waals surface area contributed by atoms with Crippen LogP contribution < -0.4 is 5.32 Å². The van der Waals surface area contributed by atoms with Crippen molar-refractivity contribution in [3.8, 4) is 0 Å². The molecule has 0 aromatic heterocycles. The van der Waals surface area contributed by atoms with E-state index in [1.54, 1.807) is 0 Å². The molecular formula is C16H25NO2S. The maximum Gasteiger partial charge on any atom is 0.226 e. The number of rotatable bonds is 2. The average Bonchev–Trinajstić information content (AvgIpc) is 2.40. The van der Waals surface area contributed by atoms with Crippen molar-refractivity contribution in [2.45, 2.75) is 57.4 Å². The van der Waals surface area contributed by atoms with Crippen molar-refractivity contribution in [3.63, 3.8) is 0 Å². The molecule has 3 nitrogen and oxygen atoms in total. The minimum absolute atomic E-state index is 0.0225. The molecule has 0 spiro atoms. The molecule has 0 aromatic rings. The summed E-state index contributed by atoms with van der Waals surface area (Å²) in [5.74, 6) is 4.36. The zero-order valence-electron chi connectivity index (χ0n) is 12.1. The summed E-state index contributed by atoms with van der Waals surface area (Å²) in [4.78, 5) is 12.9. The Kier molecular flexibility index (Phi) is 3.21. The van der Waals surface area contributed by atoms with Crippen LogP contribution in [0.1, 0.15) is 51.4 Å². The summed E-state index contributed by atoms with van der Waals surface area (Å²) in [5.41, 5.74) is -0.0225. The fourth-order valence-electron chi connectivity index (χ4n) is 5.67. The van der Waals surface area contributed by atoms with E-state index in [0.29, 0.717) is 5.91 Å². The molecule has 4 saturated carbocycles. The van der Waals surface area contributed by atoms with E-state index in [2.05, 4.69) is 5.32 Å². The third-order valence-corrected chi connectivity index (χ3v) is 7.63. The Bertz CT molecular complexity index is 402. The van der Waals surface area contributed by atoms with Gasteiger partial charge in [-0.3, -0.25) is 9.00 Å². The monoisotopic (exact) mass is 295 g/mol. The smallest absolute Gasteiger partial charge is 0.226 e. The molecule has 0 aromatic carbocycles. The van der Waals surface area contributed by atoms with Gasteiger partial charge in [0.15, 0.2) is 0 Å². The average molecular weight is 295 g/mol. The largest absolute Gasteiger partial charge is 0.353 e. The molecule has 4 heteroatoms. The highest BCUT2D eigenvalue weighted by Gasteiger charge is 2.54. The Morgan fingerprint density at radius 2 is 1.45 bits per heavy atom. The van der Waals surface area contributed by atoms with Crippen molar-refractivity contribution in [3.05, 3.63) is 0 Å². The first kappa shape index (κ1) is 13.3. The standard InChI is InChI=1S/C16H25NO2S/c18-15(17-14-1-3-20(19)4-2-14)16-8-11-5-12(9-16)7-13(6-11)10-16/h11-14H,1-10H2,(H,17,18). The second kappa shape index (κ2) is 4.82. The summed E-state index contributed by atoms with van der Waals surface area (Å²) in [6.45, 7) is 0. The highest BCUT2D eigenvalue weighted by molar-refractivity contribution is 7.85. The molecule has 5 aliphatic rings. The number of hydrogen-bond donors (Lipinski definition) is 1. The first-order valence-electron chi connectivity index (χ1n) is 8.29. The zero-order valence-corrected chi connectivity index (χ0v) is 12.9. The summed E-state index contributed by atoms with van der Waals surface area (Å²) in [5, 5.41) is 3.32. The first-order valence-corrected chi connectivity index (χ1v) is 9.78. The van der Waals surface area contributed by atoms with Gasteiger partial charge in [0, 0.05) is 33.8 Å². The van der Waals surface area contributed by atoms with Crippen LogP contribution in [0, 0.1) is 23.2 Å². The van der Waals surface area contributed by atoms with E-state index in [9.17, 15) is 9.00 Å². The van der Waals surface area contributed by atoms with Crippen molar-refractivity contribution < 1.29 is 9.00 Å². The van der Waals surface area contributed by atoms with Crippen LogP contribution in [0.2, 0.25) is 0 Å². The maximum atomic E-state index is 12.9. The predicted molar refractivity (Wildman–Crippen MR) is 79.6 cm³/mol. The van der Waals surface area contributed by atoms with Gasteiger partial charge in [0.2, 0.25) is 5.91 Å². The quantitative estimate of drug-likeness (QED) is 0.849. The third-order valence-electron chi connectivity index (χ3n) is 6.24. The van der Waals surface area contributed by atoms with Gasteiger partial charge >= 0.3 is 0 Å². The van der Waals surface area contributed by atoms with Crippen LogP contribution in [-0.2, 0) is 15.6 Å². The first-order chi connectivity index (χ1) is 9.63. The summed E-state index contributed by atoms with van der Waals surface area (Å²) in [7, 11) is -0.637. The predicted octanol–water partition coefficient (Wildman–Crippen LogP) is 2.23. The van der Waals surface area contributed by atoms with E-state index < -0.39 is 10.8 Å². The van der Waals surface area contributed by atoms with Gasteiger partial charge < -0.3 is 5.32 Å². The molecule has 5 fully saturated rings. The second-order valence-electron chi connectivity index (χ2n) is 7.79. The van der Waals surface area contributed by atoms with Crippen molar-refractivity contribution in [1.29, 1.82) is 0 Å². The molecule has 0 unspecified atom stereocenters. The molecule has 5 rings (SSSR count). The van der Waals surface area contributed by atoms with Crippen LogP contribution in [0.5, 0.6) is 0 Å². The van der Waals surface area contributed by atoms with Crippen molar-refractivity contribution in [2.75, 3.05) is 11.5 Å². The van der Waals surface area contributed by atoms with Crippen LogP contribution in [-0.4, -0.2) is 27.7 Å². The molecule has 112 valence electrons. The number of nitrogens with one attached hydrogen (secondary N) is 1. The Morgan fingerprint density at radius 1 is 0.950 bits per heavy atom. The van der Waals surface area contributed by atoms with Gasteiger partial charge in [0.1, 0.15) is 0 Å². The molecule has 1 N–H and O–H groups in total. The van der Waals surface area contributed by atoms with Crippen LogP contribution in [0.15, 0.2) is 0 Å². The van der Waals surface area contributed by atoms with E-state index in [0.717, 1.165) is 61.4 Å². The van der Waals surface area contributed by atoms with E-state index >= 15 is 0 Å². The van der Waals surface area contributed by atoms with Crippen molar-refractivity contribution >= 4 is 16.7 Å². The molecule has 4 aliphatic carbocycles. The summed E-state index contributed by atoms with van der Waals surface area (Å²) in [6, 6.07) is 0.285. The lowest BCUT2D eigenvalue weighted by molar-refractivity contribution is -0.147. The zero-order chi connectivity index (χ0) is 13.7. The molecule has 20 heavy (non-hydrogen) atoms. The highest BCUT2D eigenvalue weighted by Crippen LogP contribution is 2.60. The van der Waals surface area contributed by atoms with Crippen LogP contribution >= 0.6 is 0 Å². The molecule has 1 saturated heterocycles. The van der Waals surface area contributed by atoms with Gasteiger partial charge in [0.05, 0.1) is 0 Å². The second-order valence-corrected chi connectivity index (χ2v) is 9.49. The van der Waals surface area contributed by atoms with Crippen LogP contribution in [0.3, 0.4) is 0 Å². The van der Waals surface area contributed by atoms with Crippen molar-refractivity contribution in [1.82, 2.24) is 5.32 Å². The van der Waals surface area contributed by atoms with Gasteiger partial charge in [0.25, 0.3) is 0 Å². The minimum atomic E-state index is -0.637. The van der Waals surface area contributed by atoms with E-state index in [1.807, 2.05) is 0 Å². The number of carbonyl (C=O) groups is 1. The molecule has 1 amide bonds. The fourth-order valence-corrected chi connectivity index (χ4v) is 6.96. The van der Waals surface area contributed by atoms with Gasteiger partial charge in [-0.2, -0.15) is 0 Å². The molecule has 1 aliphatic heterocycles. The van der Waals surface area contributed by atoms with Gasteiger partial charge in [-0.15, -0.1) is 0 Å². The number of hydrogen-bond acceptors (Lipinski definition) is 2. The lowest BCUT2D eigenvalue weighted by Crippen LogP contribution is -2.55. The molecule has 0 atom stereocenters. The summed E-state index contributed by atoms with van der Waals surface area (Å²) in [6.07, 6.45) is 9.39. The Morgan fingerprint density at radius 3 is 1.95 bits per heavy atom. The van der Waals surface area contributed by atoms with Gasteiger partial charge in [-0.05, 0) is 69.1 Å². The molecule has 4 bridgehead atoms. The highest BCUT2D eigenvalue weighted by atomic mass is 32.2. The lowest BCUT2D eigenvalue weighted by atomic mass is 9.49. The fraction of sp³-hybridized carbons (Fsp3) is 0.938. The minimum Gasteiger partial charge on any atom is -0.353 e. The summed E-state index contributed by atoms with van der Waals surface area (Å²) >= 11 is 0. The molecular weight excluding hydrogens is 270 g/mol. The van der Waals surface area contributed by atoms with E-state index in [1.165, 1.54) is 19.3 Å². The Hall–Kier alpha value is -0.380. The van der Waals surface area contributed by atoms with E-state index in [4.69, 9.17) is 0 Å². The molecule has 1 heterocycles. The lowest BCUT2D eigenvalue weighted by Gasteiger charge is -2.56. The SMILES string of the molecule is O=C(NC1CCS(=O)CC1)C12CC3CC(CC(C3)C1)C2. The van der Waals surface area contributed by atoms with Gasteiger partial charge in [-0.1, -0.05) is 0 Å². The van der Waals surface area contributed by atoms with Gasteiger partial charge in [-0.25, -0.2) is 0 Å². The topological polar surface area (TPSA) is 46.2 Å². The number of amides is 1. The normalized spacial score (nSPS) is 50.1. The van der Waals surface area contributed by atoms with E-state index in [-0.39, 0.29) is 11.5 Å². The third kappa shape index (κ3) is 2.24. The van der Waals surface area contributed by atoms with Crippen LogP contribution in [0.4, 0.5) is 0 Å². The summed E-state index contributed by atoms with van der Waals surface area (Å²) < 4.78 is 11.4. The van der Waals surface area contributed by atoms with Crippen molar-refractivity contribution in [2.24, 2.45) is 23.2 Å². The van der Waals surface area contributed by atoms with Crippen LogP contribution in [0.25, 0.3) is 0 Å². The number of carbonyl (C=O) groups excluding carboxylic acids is 1. The molecule has 0 radical (unpaired) electrons. The maximum absolute atomic E-state index is 12.9.